The third kappa shape index (κ3) is 4.57. The highest BCUT2D eigenvalue weighted by Gasteiger charge is 2.11. The summed E-state index contributed by atoms with van der Waals surface area (Å²) in [5, 5.41) is 0.950. The first-order valence-corrected chi connectivity index (χ1v) is 9.46. The molecule has 6 heteroatoms. The number of aromatic nitrogens is 4. The number of nitrogen functional groups attached to an aromatic ring is 1. The molecule has 0 unspecified atom stereocenters. The summed E-state index contributed by atoms with van der Waals surface area (Å²) in [4.78, 5) is 13.0. The van der Waals surface area contributed by atoms with Crippen molar-refractivity contribution in [3.05, 3.63) is 45.4 Å². The van der Waals surface area contributed by atoms with Crippen molar-refractivity contribution in [2.24, 2.45) is 0 Å². The maximum absolute atomic E-state index is 5.74. The highest BCUT2D eigenvalue weighted by atomic mass is 79.9. The quantitative estimate of drug-likeness (QED) is 0.594. The Balaban J connectivity index is 0.000000730. The van der Waals surface area contributed by atoms with Gasteiger partial charge in [-0.25, -0.2) is 4.98 Å². The molecule has 3 aromatic rings. The average Bonchev–Trinajstić information content (AvgIpc) is 3.02. The molecule has 0 aliphatic carbocycles. The standard InChI is InChI=1S/C15H16BrN5.2C2H6/c1-8-6-18-12(10(3)9(8)2)7-21-5-4-11-13(16)19-15(17)20-14(11)21;2*1-2/h4-6H,7H2,1-3H3,(H2,17,19,20);2*1-2H3. The summed E-state index contributed by atoms with van der Waals surface area (Å²) in [6.07, 6.45) is 3.91. The molecule has 0 spiro atoms. The van der Waals surface area contributed by atoms with Crippen molar-refractivity contribution in [3.8, 4) is 0 Å². The van der Waals surface area contributed by atoms with E-state index in [1.165, 1.54) is 16.7 Å². The summed E-state index contributed by atoms with van der Waals surface area (Å²) in [7, 11) is 0. The van der Waals surface area contributed by atoms with Gasteiger partial charge in [0.1, 0.15) is 10.3 Å². The van der Waals surface area contributed by atoms with Crippen LogP contribution in [-0.2, 0) is 6.54 Å². The Kier molecular flexibility index (Phi) is 8.03. The van der Waals surface area contributed by atoms with Crippen molar-refractivity contribution in [2.45, 2.75) is 55.0 Å². The van der Waals surface area contributed by atoms with E-state index < -0.39 is 0 Å². The van der Waals surface area contributed by atoms with Crippen molar-refractivity contribution >= 4 is 32.9 Å². The van der Waals surface area contributed by atoms with Crippen LogP contribution in [0.15, 0.2) is 23.1 Å². The first-order valence-electron chi connectivity index (χ1n) is 8.67. The van der Waals surface area contributed by atoms with Gasteiger partial charge in [0.25, 0.3) is 0 Å². The van der Waals surface area contributed by atoms with Crippen LogP contribution in [-0.4, -0.2) is 19.5 Å². The van der Waals surface area contributed by atoms with Crippen molar-refractivity contribution in [1.82, 2.24) is 19.5 Å². The van der Waals surface area contributed by atoms with Gasteiger partial charge in [0.15, 0.2) is 0 Å². The summed E-state index contributed by atoms with van der Waals surface area (Å²) in [5.41, 5.74) is 11.3. The number of nitrogens with zero attached hydrogens (tertiary/aromatic N) is 4. The number of aryl methyl sites for hydroxylation is 1. The minimum atomic E-state index is 0.263. The Labute approximate surface area is 158 Å². The van der Waals surface area contributed by atoms with E-state index in [4.69, 9.17) is 5.73 Å². The molecular weight excluding hydrogens is 378 g/mol. The zero-order chi connectivity index (χ0) is 19.1. The zero-order valence-corrected chi connectivity index (χ0v) is 17.8. The van der Waals surface area contributed by atoms with Crippen LogP contribution in [0, 0.1) is 20.8 Å². The maximum Gasteiger partial charge on any atom is 0.223 e. The van der Waals surface area contributed by atoms with Gasteiger partial charge in [-0.2, -0.15) is 4.98 Å². The average molecular weight is 406 g/mol. The number of anilines is 1. The van der Waals surface area contributed by atoms with Crippen molar-refractivity contribution in [2.75, 3.05) is 5.73 Å². The second kappa shape index (κ2) is 9.51. The lowest BCUT2D eigenvalue weighted by Crippen LogP contribution is -2.06. The fourth-order valence-electron chi connectivity index (χ4n) is 2.37. The molecule has 0 saturated carbocycles. The van der Waals surface area contributed by atoms with Crippen molar-refractivity contribution in [1.29, 1.82) is 0 Å². The van der Waals surface area contributed by atoms with Crippen LogP contribution in [0.4, 0.5) is 5.95 Å². The topological polar surface area (TPSA) is 69.6 Å². The molecule has 25 heavy (non-hydrogen) atoms. The smallest absolute Gasteiger partial charge is 0.223 e. The number of rotatable bonds is 2. The van der Waals surface area contributed by atoms with Crippen LogP contribution >= 0.6 is 15.9 Å². The normalized spacial score (nSPS) is 9.92. The largest absolute Gasteiger partial charge is 0.368 e. The van der Waals surface area contributed by atoms with E-state index in [0.717, 1.165) is 16.7 Å². The minimum Gasteiger partial charge on any atom is -0.368 e. The van der Waals surface area contributed by atoms with E-state index in [9.17, 15) is 0 Å². The number of nitrogens with two attached hydrogens (primary N) is 1. The molecule has 0 radical (unpaired) electrons. The summed E-state index contributed by atoms with van der Waals surface area (Å²) in [5.74, 6) is 0.263. The van der Waals surface area contributed by atoms with Crippen LogP contribution in [0.1, 0.15) is 50.1 Å². The molecule has 3 heterocycles. The summed E-state index contributed by atoms with van der Waals surface area (Å²) in [6, 6.07) is 1.98. The predicted octanol–water partition coefficient (Wildman–Crippen LogP) is 5.20. The van der Waals surface area contributed by atoms with Gasteiger partial charge in [-0.05, 0) is 59.5 Å². The van der Waals surface area contributed by atoms with Gasteiger partial charge >= 0.3 is 0 Å². The van der Waals surface area contributed by atoms with E-state index >= 15 is 0 Å². The molecule has 0 aromatic carbocycles. The molecule has 0 amide bonds. The molecular formula is C19H28BrN5. The van der Waals surface area contributed by atoms with Gasteiger partial charge < -0.3 is 10.3 Å². The number of hydrogen-bond donors (Lipinski definition) is 1. The van der Waals surface area contributed by atoms with E-state index in [-0.39, 0.29) is 5.95 Å². The number of pyridine rings is 1. The number of fused-ring (bicyclic) bond motifs is 1. The fourth-order valence-corrected chi connectivity index (χ4v) is 2.86. The van der Waals surface area contributed by atoms with Crippen molar-refractivity contribution < 1.29 is 0 Å². The molecule has 3 rings (SSSR count). The highest BCUT2D eigenvalue weighted by Crippen LogP contribution is 2.24. The third-order valence-electron chi connectivity index (χ3n) is 3.91. The molecule has 3 aromatic heterocycles. The van der Waals surface area contributed by atoms with Gasteiger partial charge in [-0.3, -0.25) is 4.98 Å². The SMILES string of the molecule is CC.CC.Cc1cnc(Cn2ccc3c(Br)nc(N)nc32)c(C)c1C. The van der Waals surface area contributed by atoms with Gasteiger partial charge in [-0.15, -0.1) is 0 Å². The summed E-state index contributed by atoms with van der Waals surface area (Å²) < 4.78 is 2.76. The van der Waals surface area contributed by atoms with Crippen LogP contribution in [0.3, 0.4) is 0 Å². The van der Waals surface area contributed by atoms with E-state index in [1.54, 1.807) is 0 Å². The predicted molar refractivity (Wildman–Crippen MR) is 110 cm³/mol. The molecule has 2 N–H and O–H groups in total. The van der Waals surface area contributed by atoms with E-state index in [1.807, 2.05) is 50.7 Å². The fraction of sp³-hybridized carbons (Fsp3) is 0.421. The molecule has 0 saturated heterocycles. The Morgan fingerprint density at radius 3 is 2.32 bits per heavy atom. The van der Waals surface area contributed by atoms with Crippen molar-refractivity contribution in [3.63, 3.8) is 0 Å². The number of halogens is 1. The van der Waals surface area contributed by atoms with E-state index in [2.05, 4.69) is 51.7 Å². The second-order valence-electron chi connectivity index (χ2n) is 5.19. The van der Waals surface area contributed by atoms with Crippen LogP contribution < -0.4 is 5.73 Å². The van der Waals surface area contributed by atoms with Gasteiger partial charge in [0.2, 0.25) is 5.95 Å². The summed E-state index contributed by atoms with van der Waals surface area (Å²) in [6.45, 7) is 15.0. The first kappa shape index (κ1) is 21.1. The molecule has 0 fully saturated rings. The van der Waals surface area contributed by atoms with Gasteiger partial charge in [-0.1, -0.05) is 27.7 Å². The van der Waals surface area contributed by atoms with E-state index in [0.29, 0.717) is 11.1 Å². The zero-order valence-electron chi connectivity index (χ0n) is 16.2. The Bertz CT molecular complexity index is 839. The van der Waals surface area contributed by atoms with Crippen LogP contribution in [0.2, 0.25) is 0 Å². The second-order valence-corrected chi connectivity index (χ2v) is 5.94. The highest BCUT2D eigenvalue weighted by molar-refractivity contribution is 9.10. The van der Waals surface area contributed by atoms with Crippen LogP contribution in [0.25, 0.3) is 11.0 Å². The first-order chi connectivity index (χ1) is 12.0. The lowest BCUT2D eigenvalue weighted by atomic mass is 10.0. The molecule has 136 valence electrons. The van der Waals surface area contributed by atoms with Crippen LogP contribution in [0.5, 0.6) is 0 Å². The molecule has 0 aliphatic rings. The Hall–Kier alpha value is -1.95. The maximum atomic E-state index is 5.74. The summed E-state index contributed by atoms with van der Waals surface area (Å²) >= 11 is 3.42. The Morgan fingerprint density at radius 2 is 1.68 bits per heavy atom. The van der Waals surface area contributed by atoms with Gasteiger partial charge in [0, 0.05) is 12.4 Å². The van der Waals surface area contributed by atoms with Gasteiger partial charge in [0.05, 0.1) is 17.6 Å². The Morgan fingerprint density at radius 1 is 1.04 bits per heavy atom. The molecule has 0 bridgehead atoms. The lowest BCUT2D eigenvalue weighted by Gasteiger charge is -2.11. The minimum absolute atomic E-state index is 0.263. The third-order valence-corrected chi connectivity index (χ3v) is 4.52. The molecule has 5 nitrogen and oxygen atoms in total. The molecule has 0 atom stereocenters. The molecule has 0 aliphatic heterocycles. The lowest BCUT2D eigenvalue weighted by molar-refractivity contribution is 0.786. The number of hydrogen-bond acceptors (Lipinski definition) is 4. The monoisotopic (exact) mass is 405 g/mol.